The first-order chi connectivity index (χ1) is 9.11. The molecule has 0 radical (unpaired) electrons. The zero-order valence-electron chi connectivity index (χ0n) is 11.6. The van der Waals surface area contributed by atoms with Gasteiger partial charge in [0.15, 0.2) is 0 Å². The Balaban J connectivity index is 2.09. The lowest BCUT2D eigenvalue weighted by atomic mass is 10.0. The molecule has 2 atom stereocenters. The lowest BCUT2D eigenvalue weighted by molar-refractivity contribution is 0.0822. The summed E-state index contributed by atoms with van der Waals surface area (Å²) in [5.41, 5.74) is 7.20. The van der Waals surface area contributed by atoms with Crippen LogP contribution >= 0.6 is 0 Å². The number of carbonyl (C=O) groups excluding carboxylic acids is 1. The van der Waals surface area contributed by atoms with E-state index in [1.165, 1.54) is 17.7 Å². The maximum atomic E-state index is 11.9. The molecule has 2 rings (SSSR count). The van der Waals surface area contributed by atoms with Gasteiger partial charge in [-0.2, -0.15) is 0 Å². The summed E-state index contributed by atoms with van der Waals surface area (Å²) in [6, 6.07) is 4.13. The summed E-state index contributed by atoms with van der Waals surface area (Å²) in [6.07, 6.45) is 5.21. The van der Waals surface area contributed by atoms with Crippen LogP contribution in [-0.4, -0.2) is 42.5 Å². The molecule has 104 valence electrons. The molecule has 1 aromatic rings. The van der Waals surface area contributed by atoms with E-state index in [4.69, 9.17) is 5.73 Å². The number of nitrogens with zero attached hydrogens (tertiary/aromatic N) is 2. The van der Waals surface area contributed by atoms with Crippen molar-refractivity contribution in [1.29, 1.82) is 0 Å². The van der Waals surface area contributed by atoms with Gasteiger partial charge in [-0.1, -0.05) is 6.42 Å². The van der Waals surface area contributed by atoms with Crippen LogP contribution in [0.25, 0.3) is 0 Å². The maximum Gasteiger partial charge on any atom is 0.272 e. The summed E-state index contributed by atoms with van der Waals surface area (Å²) in [5, 5.41) is 3.49. The number of rotatable bonds is 4. The van der Waals surface area contributed by atoms with Crippen molar-refractivity contribution >= 4 is 11.6 Å². The van der Waals surface area contributed by atoms with Crippen molar-refractivity contribution < 1.29 is 4.79 Å². The number of pyridine rings is 1. The quantitative estimate of drug-likeness (QED) is 0.858. The molecule has 1 fully saturated rings. The van der Waals surface area contributed by atoms with Gasteiger partial charge in [0.05, 0.1) is 0 Å². The predicted octanol–water partition coefficient (Wildman–Crippen LogP) is 1.32. The van der Waals surface area contributed by atoms with E-state index in [0.29, 0.717) is 24.2 Å². The van der Waals surface area contributed by atoms with Crippen LogP contribution in [0.1, 0.15) is 29.8 Å². The van der Waals surface area contributed by atoms with E-state index in [1.54, 1.807) is 20.3 Å². The molecule has 1 heterocycles. The summed E-state index contributed by atoms with van der Waals surface area (Å²) in [4.78, 5) is 17.5. The van der Waals surface area contributed by atoms with Gasteiger partial charge in [-0.05, 0) is 37.4 Å². The molecule has 1 aromatic heterocycles. The number of hydrogen-bond donors (Lipinski definition) is 2. The summed E-state index contributed by atoms with van der Waals surface area (Å²) in [5.74, 6) is 0.451. The summed E-state index contributed by atoms with van der Waals surface area (Å²) in [6.45, 7) is 0.715. The largest absolute Gasteiger partial charge is 0.382 e. The second-order valence-electron chi connectivity index (χ2n) is 5.31. The Bertz CT molecular complexity index is 447. The fourth-order valence-electron chi connectivity index (χ4n) is 2.59. The minimum Gasteiger partial charge on any atom is -0.382 e. The molecule has 3 N–H and O–H groups in total. The second kappa shape index (κ2) is 6.02. The summed E-state index contributed by atoms with van der Waals surface area (Å²) < 4.78 is 0. The van der Waals surface area contributed by atoms with Crippen LogP contribution in [0.4, 0.5) is 5.69 Å². The Morgan fingerprint density at radius 3 is 3.00 bits per heavy atom. The zero-order chi connectivity index (χ0) is 13.8. The van der Waals surface area contributed by atoms with Crippen LogP contribution in [0.3, 0.4) is 0 Å². The average Bonchev–Trinajstić information content (AvgIpc) is 2.85. The van der Waals surface area contributed by atoms with E-state index < -0.39 is 0 Å². The maximum absolute atomic E-state index is 11.9. The van der Waals surface area contributed by atoms with Crippen molar-refractivity contribution in [3.63, 3.8) is 0 Å². The van der Waals surface area contributed by atoms with Gasteiger partial charge in [-0.25, -0.2) is 0 Å². The van der Waals surface area contributed by atoms with Gasteiger partial charge in [-0.3, -0.25) is 9.78 Å². The van der Waals surface area contributed by atoms with Crippen LogP contribution < -0.4 is 11.1 Å². The minimum absolute atomic E-state index is 0.0783. The molecule has 1 amide bonds. The molecule has 0 aliphatic heterocycles. The number of amides is 1. The van der Waals surface area contributed by atoms with Crippen molar-refractivity contribution in [1.82, 2.24) is 9.88 Å². The lowest BCUT2D eigenvalue weighted by Crippen LogP contribution is -2.29. The van der Waals surface area contributed by atoms with Gasteiger partial charge in [0.1, 0.15) is 5.69 Å². The Morgan fingerprint density at radius 2 is 2.32 bits per heavy atom. The van der Waals surface area contributed by atoms with Crippen LogP contribution in [0, 0.1) is 5.92 Å². The number of carbonyl (C=O) groups is 1. The molecule has 5 heteroatoms. The normalized spacial score (nSPS) is 22.3. The number of aromatic nitrogens is 1. The van der Waals surface area contributed by atoms with Crippen LogP contribution in [-0.2, 0) is 0 Å². The molecule has 2 unspecified atom stereocenters. The number of nitrogens with one attached hydrogen (secondary N) is 1. The number of anilines is 1. The Kier molecular flexibility index (Phi) is 4.37. The molecule has 0 saturated heterocycles. The van der Waals surface area contributed by atoms with Crippen LogP contribution in [0.5, 0.6) is 0 Å². The molecule has 0 bridgehead atoms. The third kappa shape index (κ3) is 3.23. The van der Waals surface area contributed by atoms with E-state index in [1.807, 2.05) is 12.1 Å². The molecule has 0 spiro atoms. The number of nitrogens with two attached hydrogens (primary N) is 1. The summed E-state index contributed by atoms with van der Waals surface area (Å²) in [7, 11) is 3.46. The second-order valence-corrected chi connectivity index (χ2v) is 5.31. The first-order valence-corrected chi connectivity index (χ1v) is 6.76. The number of hydrogen-bond acceptors (Lipinski definition) is 4. The highest BCUT2D eigenvalue weighted by Crippen LogP contribution is 2.27. The topological polar surface area (TPSA) is 71.2 Å². The molecule has 19 heavy (non-hydrogen) atoms. The molecule has 0 aromatic carbocycles. The van der Waals surface area contributed by atoms with Crippen molar-refractivity contribution in [2.24, 2.45) is 11.7 Å². The highest BCUT2D eigenvalue weighted by atomic mass is 16.2. The van der Waals surface area contributed by atoms with Crippen LogP contribution in [0.15, 0.2) is 18.3 Å². The van der Waals surface area contributed by atoms with Gasteiger partial charge in [0.25, 0.3) is 5.91 Å². The summed E-state index contributed by atoms with van der Waals surface area (Å²) >= 11 is 0. The third-order valence-corrected chi connectivity index (χ3v) is 3.70. The van der Waals surface area contributed by atoms with E-state index in [0.717, 1.165) is 12.1 Å². The van der Waals surface area contributed by atoms with Crippen molar-refractivity contribution in [3.05, 3.63) is 24.0 Å². The predicted molar refractivity (Wildman–Crippen MR) is 76.1 cm³/mol. The highest BCUT2D eigenvalue weighted by Gasteiger charge is 2.25. The zero-order valence-corrected chi connectivity index (χ0v) is 11.6. The first kappa shape index (κ1) is 13.8. The molecular formula is C14H22N4O. The SMILES string of the molecule is CN(C)C(=O)c1cc(NC2CCCC2CN)ccn1. The molecule has 5 nitrogen and oxygen atoms in total. The fourth-order valence-corrected chi connectivity index (χ4v) is 2.59. The Morgan fingerprint density at radius 1 is 1.53 bits per heavy atom. The van der Waals surface area contributed by atoms with Gasteiger partial charge in [-0.15, -0.1) is 0 Å². The third-order valence-electron chi connectivity index (χ3n) is 3.70. The lowest BCUT2D eigenvalue weighted by Gasteiger charge is -2.21. The van der Waals surface area contributed by atoms with Crippen molar-refractivity contribution in [2.75, 3.05) is 26.0 Å². The van der Waals surface area contributed by atoms with E-state index >= 15 is 0 Å². The Labute approximate surface area is 114 Å². The molecule has 1 aliphatic carbocycles. The fraction of sp³-hybridized carbons (Fsp3) is 0.571. The minimum atomic E-state index is -0.0783. The van der Waals surface area contributed by atoms with Gasteiger partial charge in [0, 0.05) is 32.0 Å². The van der Waals surface area contributed by atoms with Gasteiger partial charge >= 0.3 is 0 Å². The van der Waals surface area contributed by atoms with E-state index in [2.05, 4.69) is 10.3 Å². The first-order valence-electron chi connectivity index (χ1n) is 6.76. The van der Waals surface area contributed by atoms with Crippen molar-refractivity contribution in [3.8, 4) is 0 Å². The van der Waals surface area contributed by atoms with E-state index in [9.17, 15) is 4.79 Å². The van der Waals surface area contributed by atoms with E-state index in [-0.39, 0.29) is 5.91 Å². The van der Waals surface area contributed by atoms with Gasteiger partial charge < -0.3 is 16.0 Å². The van der Waals surface area contributed by atoms with Gasteiger partial charge in [0.2, 0.25) is 0 Å². The van der Waals surface area contributed by atoms with Crippen molar-refractivity contribution in [2.45, 2.75) is 25.3 Å². The molecular weight excluding hydrogens is 240 g/mol. The molecule has 1 aliphatic rings. The smallest absolute Gasteiger partial charge is 0.272 e. The van der Waals surface area contributed by atoms with Crippen LogP contribution in [0.2, 0.25) is 0 Å². The highest BCUT2D eigenvalue weighted by molar-refractivity contribution is 5.92. The Hall–Kier alpha value is -1.62. The standard InChI is InChI=1S/C14H22N4O/c1-18(2)14(19)13-8-11(6-7-16-13)17-12-5-3-4-10(12)9-15/h6-8,10,12H,3-5,9,15H2,1-2H3,(H,16,17). The average molecular weight is 262 g/mol. The molecule has 1 saturated carbocycles. The monoisotopic (exact) mass is 262 g/mol.